The molecule has 0 aromatic carbocycles. The molecular weight excluding hydrogens is 296 g/mol. The smallest absolute Gasteiger partial charge is 0.286 e. The van der Waals surface area contributed by atoms with Crippen molar-refractivity contribution in [1.82, 2.24) is 4.57 Å². The first-order valence-corrected chi connectivity index (χ1v) is 5.79. The van der Waals surface area contributed by atoms with Crippen LogP contribution in [0.1, 0.15) is 0 Å². The minimum atomic E-state index is -0.539. The van der Waals surface area contributed by atoms with Crippen molar-refractivity contribution in [3.63, 3.8) is 0 Å². The number of nitro groups is 1. The molecule has 0 amide bonds. The number of thiol groups is 1. The van der Waals surface area contributed by atoms with E-state index in [1.807, 2.05) is 0 Å². The number of aromatic nitrogens is 1. The zero-order chi connectivity index (χ0) is 12.1. The summed E-state index contributed by atoms with van der Waals surface area (Å²) in [6.07, 6.45) is 4.71. The number of nitrogens with zero attached hydrogens (tertiary/aromatic N) is 2. The summed E-state index contributed by atoms with van der Waals surface area (Å²) in [6.45, 7) is 0.291. The summed E-state index contributed by atoms with van der Waals surface area (Å²) in [5.74, 6) is 0.560. The van der Waals surface area contributed by atoms with E-state index in [1.165, 1.54) is 16.8 Å². The van der Waals surface area contributed by atoms with E-state index >= 15 is 0 Å². The van der Waals surface area contributed by atoms with Gasteiger partial charge in [0.15, 0.2) is 0 Å². The summed E-state index contributed by atoms with van der Waals surface area (Å²) in [4.78, 5) is 21.6. The quantitative estimate of drug-likeness (QED) is 0.400. The second kappa shape index (κ2) is 5.86. The number of hydrogen-bond acceptors (Lipinski definition) is 4. The summed E-state index contributed by atoms with van der Waals surface area (Å²) < 4.78 is 1.45. The molecule has 0 atom stereocenters. The predicted molar refractivity (Wildman–Crippen MR) is 68.0 cm³/mol. The lowest BCUT2D eigenvalue weighted by atomic mass is 10.4. The Morgan fingerprint density at radius 1 is 1.56 bits per heavy atom. The summed E-state index contributed by atoms with van der Waals surface area (Å²) in [5.41, 5.74) is -0.417. The van der Waals surface area contributed by atoms with Crippen molar-refractivity contribution in [2.24, 2.45) is 0 Å². The zero-order valence-corrected chi connectivity index (χ0v) is 10.6. The van der Waals surface area contributed by atoms with Crippen molar-refractivity contribution in [2.75, 3.05) is 5.75 Å². The lowest BCUT2D eigenvalue weighted by Crippen LogP contribution is -2.20. The molecule has 0 spiro atoms. The Labute approximate surface area is 105 Å². The fraction of sp³-hybridized carbons (Fsp3) is 0.222. The Hall–Kier alpha value is -1.08. The van der Waals surface area contributed by atoms with Crippen LogP contribution in [0.4, 0.5) is 5.69 Å². The first-order valence-electron chi connectivity index (χ1n) is 4.36. The number of allylic oxidation sites excluding steroid dienone is 1. The molecule has 0 saturated heterocycles. The van der Waals surface area contributed by atoms with Crippen molar-refractivity contribution in [2.45, 2.75) is 6.54 Å². The van der Waals surface area contributed by atoms with Crippen LogP contribution in [0.25, 0.3) is 0 Å². The lowest BCUT2D eigenvalue weighted by Gasteiger charge is -2.02. The Kier molecular flexibility index (Phi) is 4.75. The van der Waals surface area contributed by atoms with E-state index in [1.54, 1.807) is 12.2 Å². The zero-order valence-electron chi connectivity index (χ0n) is 8.17. The molecule has 5 nitrogen and oxygen atoms in total. The molecule has 0 N–H and O–H groups in total. The van der Waals surface area contributed by atoms with Crippen molar-refractivity contribution < 1.29 is 4.92 Å². The van der Waals surface area contributed by atoms with E-state index in [9.17, 15) is 14.9 Å². The molecule has 16 heavy (non-hydrogen) atoms. The fourth-order valence-corrected chi connectivity index (χ4v) is 1.69. The Balaban J connectivity index is 3.12. The molecule has 0 bridgehead atoms. The minimum absolute atomic E-state index is 0.120. The average molecular weight is 305 g/mol. The van der Waals surface area contributed by atoms with E-state index in [-0.39, 0.29) is 15.7 Å². The highest BCUT2D eigenvalue weighted by Gasteiger charge is 2.11. The van der Waals surface area contributed by atoms with Crippen LogP contribution in [0, 0.1) is 10.1 Å². The average Bonchev–Trinajstić information content (AvgIpc) is 2.24. The summed E-state index contributed by atoms with van der Waals surface area (Å²) in [7, 11) is 0. The third-order valence-electron chi connectivity index (χ3n) is 1.81. The number of rotatable bonds is 4. The van der Waals surface area contributed by atoms with Crippen LogP contribution in [0.15, 0.2) is 33.7 Å². The van der Waals surface area contributed by atoms with Gasteiger partial charge in [-0.2, -0.15) is 12.6 Å². The Morgan fingerprint density at radius 3 is 2.81 bits per heavy atom. The Morgan fingerprint density at radius 2 is 2.25 bits per heavy atom. The van der Waals surface area contributed by atoms with Gasteiger partial charge in [0.25, 0.3) is 11.2 Å². The summed E-state index contributed by atoms with van der Waals surface area (Å²) in [6, 6.07) is 1.20. The molecule has 7 heteroatoms. The predicted octanol–water partition coefficient (Wildman–Crippen LogP) is 2.01. The molecule has 1 aromatic heterocycles. The molecule has 0 saturated carbocycles. The van der Waals surface area contributed by atoms with Crippen LogP contribution in [0.3, 0.4) is 0 Å². The second-order valence-corrected chi connectivity index (χ2v) is 4.13. The lowest BCUT2D eigenvalue weighted by molar-refractivity contribution is -0.385. The van der Waals surface area contributed by atoms with Gasteiger partial charge in [-0.1, -0.05) is 12.2 Å². The van der Waals surface area contributed by atoms with Crippen LogP contribution in [0.2, 0.25) is 0 Å². The normalized spacial score (nSPS) is 10.9. The highest BCUT2D eigenvalue weighted by Crippen LogP contribution is 2.13. The number of hydrogen-bond donors (Lipinski definition) is 1. The molecule has 86 valence electrons. The maximum absolute atomic E-state index is 11.6. The van der Waals surface area contributed by atoms with Gasteiger partial charge in [-0.3, -0.25) is 14.9 Å². The van der Waals surface area contributed by atoms with Gasteiger partial charge >= 0.3 is 0 Å². The Bertz CT molecular complexity index is 484. The third kappa shape index (κ3) is 3.21. The molecule has 0 aliphatic heterocycles. The van der Waals surface area contributed by atoms with Gasteiger partial charge in [0.2, 0.25) is 0 Å². The third-order valence-corrected chi connectivity index (χ3v) is 2.59. The maximum atomic E-state index is 11.6. The molecule has 1 rings (SSSR count). The molecule has 0 radical (unpaired) electrons. The maximum Gasteiger partial charge on any atom is 0.286 e. The van der Waals surface area contributed by atoms with E-state index < -0.39 is 4.92 Å². The van der Waals surface area contributed by atoms with Gasteiger partial charge in [-0.25, -0.2) is 0 Å². The van der Waals surface area contributed by atoms with Crippen molar-refractivity contribution in [3.8, 4) is 0 Å². The topological polar surface area (TPSA) is 65.1 Å². The van der Waals surface area contributed by atoms with Gasteiger partial charge < -0.3 is 4.57 Å². The number of halogens is 1. The van der Waals surface area contributed by atoms with Crippen LogP contribution in [-0.4, -0.2) is 15.2 Å². The summed E-state index contributed by atoms with van der Waals surface area (Å²) >= 11 is 6.97. The van der Waals surface area contributed by atoms with Gasteiger partial charge in [0.1, 0.15) is 0 Å². The highest BCUT2D eigenvalue weighted by molar-refractivity contribution is 9.10. The minimum Gasteiger partial charge on any atom is -0.304 e. The first kappa shape index (κ1) is 13.0. The van der Waals surface area contributed by atoms with Crippen LogP contribution >= 0.6 is 28.6 Å². The van der Waals surface area contributed by atoms with Gasteiger partial charge in [0.05, 0.1) is 15.6 Å². The molecular formula is C9H9BrN2O3S. The highest BCUT2D eigenvalue weighted by atomic mass is 79.9. The summed E-state index contributed by atoms with van der Waals surface area (Å²) in [5, 5.41) is 10.6. The SMILES string of the molecule is O=c1c(Br)cc([N+](=O)[O-])cn1C/C=C/CS. The van der Waals surface area contributed by atoms with Crippen LogP contribution in [-0.2, 0) is 6.54 Å². The second-order valence-electron chi connectivity index (χ2n) is 2.91. The molecule has 0 aliphatic carbocycles. The van der Waals surface area contributed by atoms with Crippen LogP contribution < -0.4 is 5.56 Å². The van der Waals surface area contributed by atoms with Crippen molar-refractivity contribution in [3.05, 3.63) is 49.4 Å². The molecule has 0 aliphatic rings. The van der Waals surface area contributed by atoms with E-state index in [0.717, 1.165) is 0 Å². The van der Waals surface area contributed by atoms with E-state index in [0.29, 0.717) is 12.3 Å². The van der Waals surface area contributed by atoms with Gasteiger partial charge in [-0.05, 0) is 15.9 Å². The largest absolute Gasteiger partial charge is 0.304 e. The molecule has 0 unspecified atom stereocenters. The first-order chi connectivity index (χ1) is 7.56. The molecule has 1 aromatic rings. The van der Waals surface area contributed by atoms with E-state index in [4.69, 9.17) is 0 Å². The number of pyridine rings is 1. The fourth-order valence-electron chi connectivity index (χ4n) is 1.08. The van der Waals surface area contributed by atoms with Gasteiger partial charge in [-0.15, -0.1) is 0 Å². The van der Waals surface area contributed by atoms with Crippen molar-refractivity contribution >= 4 is 34.2 Å². The standard InChI is InChI=1S/C9H9BrN2O3S/c10-8-5-7(12(14)15)6-11(9(8)13)3-1-2-4-16/h1-2,5-6,16H,3-4H2/b2-1+. The van der Waals surface area contributed by atoms with Gasteiger partial charge in [0, 0.05) is 18.4 Å². The van der Waals surface area contributed by atoms with Crippen molar-refractivity contribution in [1.29, 1.82) is 0 Å². The monoisotopic (exact) mass is 304 g/mol. The molecule has 1 heterocycles. The van der Waals surface area contributed by atoms with E-state index in [2.05, 4.69) is 28.6 Å². The van der Waals surface area contributed by atoms with Crippen LogP contribution in [0.5, 0.6) is 0 Å². The molecule has 0 fully saturated rings.